The van der Waals surface area contributed by atoms with Crippen LogP contribution in [-0.2, 0) is 4.79 Å². The van der Waals surface area contributed by atoms with Crippen LogP contribution < -0.4 is 15.5 Å². The van der Waals surface area contributed by atoms with E-state index in [4.69, 9.17) is 4.74 Å². The molecule has 0 unspecified atom stereocenters. The number of ether oxygens (including phenoxy) is 1. The summed E-state index contributed by atoms with van der Waals surface area (Å²) in [5.74, 6) is -0.0550. The van der Waals surface area contributed by atoms with Crippen LogP contribution >= 0.6 is 0 Å². The molecule has 1 heterocycles. The number of aryl methyl sites for hydroxylation is 2. The summed E-state index contributed by atoms with van der Waals surface area (Å²) in [4.78, 5) is 27.9. The third kappa shape index (κ3) is 6.00. The van der Waals surface area contributed by atoms with Crippen molar-refractivity contribution >= 4 is 23.7 Å². The van der Waals surface area contributed by atoms with E-state index in [2.05, 4.69) is 20.8 Å². The summed E-state index contributed by atoms with van der Waals surface area (Å²) in [6.45, 7) is 3.89. The van der Waals surface area contributed by atoms with Crippen LogP contribution in [0, 0.1) is 13.8 Å². The van der Waals surface area contributed by atoms with E-state index in [1.807, 2.05) is 38.1 Å². The first-order valence-electron chi connectivity index (χ1n) is 9.34. The minimum Gasteiger partial charge on any atom is -0.484 e. The molecule has 2 aromatic carbocycles. The van der Waals surface area contributed by atoms with Crippen molar-refractivity contribution in [2.45, 2.75) is 13.8 Å². The molecule has 30 heavy (non-hydrogen) atoms. The number of benzene rings is 2. The Hall–Kier alpha value is -4.00. The summed E-state index contributed by atoms with van der Waals surface area (Å²) in [6.07, 6.45) is 4.58. The summed E-state index contributed by atoms with van der Waals surface area (Å²) < 4.78 is 5.56. The molecular formula is C23H22N4O3. The Kier molecular flexibility index (Phi) is 6.89. The van der Waals surface area contributed by atoms with Crippen LogP contribution in [0.3, 0.4) is 0 Å². The van der Waals surface area contributed by atoms with Gasteiger partial charge in [0.1, 0.15) is 5.75 Å². The quantitative estimate of drug-likeness (QED) is 0.467. The van der Waals surface area contributed by atoms with Gasteiger partial charge < -0.3 is 10.1 Å². The number of hydrogen-bond acceptors (Lipinski definition) is 5. The fraction of sp³-hybridized carbons (Fsp3) is 0.130. The van der Waals surface area contributed by atoms with Gasteiger partial charge in [0.15, 0.2) is 6.61 Å². The monoisotopic (exact) mass is 402 g/mol. The molecule has 0 spiro atoms. The average Bonchev–Trinajstić information content (AvgIpc) is 2.76. The highest BCUT2D eigenvalue weighted by molar-refractivity contribution is 5.94. The maximum Gasteiger partial charge on any atom is 0.271 e. The van der Waals surface area contributed by atoms with Crippen LogP contribution in [0.25, 0.3) is 0 Å². The second kappa shape index (κ2) is 9.97. The summed E-state index contributed by atoms with van der Waals surface area (Å²) >= 11 is 0. The third-order valence-corrected chi connectivity index (χ3v) is 4.34. The van der Waals surface area contributed by atoms with Crippen LogP contribution in [-0.4, -0.2) is 29.6 Å². The van der Waals surface area contributed by atoms with Crippen LogP contribution in [0.1, 0.15) is 27.0 Å². The lowest BCUT2D eigenvalue weighted by Gasteiger charge is -2.09. The van der Waals surface area contributed by atoms with E-state index in [-0.39, 0.29) is 18.4 Å². The number of hydrogen-bond donors (Lipinski definition) is 2. The molecule has 3 rings (SSSR count). The third-order valence-electron chi connectivity index (χ3n) is 4.34. The van der Waals surface area contributed by atoms with Crippen molar-refractivity contribution in [2.24, 2.45) is 5.10 Å². The predicted octanol–water partition coefficient (Wildman–Crippen LogP) is 3.48. The lowest BCUT2D eigenvalue weighted by atomic mass is 10.1. The Morgan fingerprint density at radius 2 is 1.83 bits per heavy atom. The van der Waals surface area contributed by atoms with Crippen molar-refractivity contribution in [3.8, 4) is 5.75 Å². The standard InChI is InChI=1S/C23H22N4O3/c1-16-6-7-20(12-17(16)2)26-22(28)15-30-21-5-3-4-18(13-21)14-25-27-23(29)19-8-10-24-11-9-19/h3-14H,15H2,1-2H3,(H,26,28)(H,27,29)/b25-14-. The van der Waals surface area contributed by atoms with Crippen LogP contribution in [0.15, 0.2) is 72.1 Å². The van der Waals surface area contributed by atoms with Crippen LogP contribution in [0.4, 0.5) is 5.69 Å². The zero-order valence-electron chi connectivity index (χ0n) is 16.8. The van der Waals surface area contributed by atoms with E-state index >= 15 is 0 Å². The van der Waals surface area contributed by atoms with Crippen molar-refractivity contribution in [1.82, 2.24) is 10.4 Å². The van der Waals surface area contributed by atoms with Crippen LogP contribution in [0.2, 0.25) is 0 Å². The first-order chi connectivity index (χ1) is 14.5. The number of pyridine rings is 1. The summed E-state index contributed by atoms with van der Waals surface area (Å²) in [6, 6.07) is 16.0. The highest BCUT2D eigenvalue weighted by Crippen LogP contribution is 2.15. The van der Waals surface area contributed by atoms with E-state index in [0.717, 1.165) is 16.8 Å². The SMILES string of the molecule is Cc1ccc(NC(=O)COc2cccc(/C=N\NC(=O)c3ccncc3)c2)cc1C. The fourth-order valence-corrected chi connectivity index (χ4v) is 2.58. The fourth-order valence-electron chi connectivity index (χ4n) is 2.58. The number of carbonyl (C=O) groups is 2. The molecule has 1 aromatic heterocycles. The molecule has 7 nitrogen and oxygen atoms in total. The first kappa shape index (κ1) is 20.7. The Bertz CT molecular complexity index is 1070. The van der Waals surface area contributed by atoms with Crippen molar-refractivity contribution in [1.29, 1.82) is 0 Å². The minimum atomic E-state index is -0.330. The van der Waals surface area contributed by atoms with Gasteiger partial charge in [-0.1, -0.05) is 18.2 Å². The summed E-state index contributed by atoms with van der Waals surface area (Å²) in [7, 11) is 0. The molecule has 2 amide bonds. The average molecular weight is 402 g/mol. The van der Waals surface area contributed by atoms with Gasteiger partial charge >= 0.3 is 0 Å². The van der Waals surface area contributed by atoms with Gasteiger partial charge in [-0.05, 0) is 66.9 Å². The Labute approximate surface area is 174 Å². The highest BCUT2D eigenvalue weighted by atomic mass is 16.5. The molecule has 0 bridgehead atoms. The Morgan fingerprint density at radius 3 is 2.60 bits per heavy atom. The van der Waals surface area contributed by atoms with Gasteiger partial charge in [-0.3, -0.25) is 14.6 Å². The van der Waals surface area contributed by atoms with Crippen molar-refractivity contribution in [3.05, 3.63) is 89.2 Å². The number of amides is 2. The number of aromatic nitrogens is 1. The lowest BCUT2D eigenvalue weighted by Crippen LogP contribution is -2.20. The maximum absolute atomic E-state index is 12.1. The molecule has 0 aliphatic heterocycles. The van der Waals surface area contributed by atoms with E-state index in [9.17, 15) is 9.59 Å². The Morgan fingerprint density at radius 1 is 1.03 bits per heavy atom. The first-order valence-corrected chi connectivity index (χ1v) is 9.34. The molecule has 0 aliphatic carbocycles. The molecule has 0 atom stereocenters. The van der Waals surface area contributed by atoms with E-state index in [0.29, 0.717) is 11.3 Å². The lowest BCUT2D eigenvalue weighted by molar-refractivity contribution is -0.118. The molecule has 2 N–H and O–H groups in total. The van der Waals surface area contributed by atoms with Gasteiger partial charge in [0.2, 0.25) is 0 Å². The largest absolute Gasteiger partial charge is 0.484 e. The summed E-state index contributed by atoms with van der Waals surface area (Å²) in [5, 5.41) is 6.76. The second-order valence-electron chi connectivity index (χ2n) is 6.64. The molecule has 0 fully saturated rings. The molecule has 152 valence electrons. The van der Waals surface area contributed by atoms with Crippen molar-refractivity contribution in [2.75, 3.05) is 11.9 Å². The zero-order valence-corrected chi connectivity index (χ0v) is 16.8. The van der Waals surface area contributed by atoms with Crippen LogP contribution in [0.5, 0.6) is 5.75 Å². The number of carbonyl (C=O) groups excluding carboxylic acids is 2. The summed E-state index contributed by atoms with van der Waals surface area (Å²) in [5.41, 5.74) is 6.65. The Balaban J connectivity index is 1.51. The number of nitrogens with zero attached hydrogens (tertiary/aromatic N) is 2. The van der Waals surface area contributed by atoms with Gasteiger partial charge in [-0.15, -0.1) is 0 Å². The second-order valence-corrected chi connectivity index (χ2v) is 6.64. The molecule has 0 radical (unpaired) electrons. The van der Waals surface area contributed by atoms with E-state index in [1.54, 1.807) is 30.3 Å². The number of rotatable bonds is 7. The van der Waals surface area contributed by atoms with Gasteiger partial charge in [0, 0.05) is 23.6 Å². The predicted molar refractivity (Wildman–Crippen MR) is 116 cm³/mol. The maximum atomic E-state index is 12.1. The van der Waals surface area contributed by atoms with E-state index < -0.39 is 0 Å². The molecule has 0 saturated heterocycles. The zero-order chi connectivity index (χ0) is 21.3. The van der Waals surface area contributed by atoms with Gasteiger partial charge in [0.05, 0.1) is 6.21 Å². The van der Waals surface area contributed by atoms with Gasteiger partial charge in [0.25, 0.3) is 11.8 Å². The molecule has 0 aliphatic rings. The molecule has 7 heteroatoms. The molecule has 3 aromatic rings. The normalized spacial score (nSPS) is 10.6. The smallest absolute Gasteiger partial charge is 0.271 e. The van der Waals surface area contributed by atoms with Gasteiger partial charge in [-0.25, -0.2) is 5.43 Å². The van der Waals surface area contributed by atoms with E-state index in [1.165, 1.54) is 24.2 Å². The molecule has 0 saturated carbocycles. The van der Waals surface area contributed by atoms with Crippen molar-refractivity contribution < 1.29 is 14.3 Å². The number of anilines is 1. The number of hydrazone groups is 1. The number of nitrogens with one attached hydrogen (secondary N) is 2. The van der Waals surface area contributed by atoms with Gasteiger partial charge in [-0.2, -0.15) is 5.10 Å². The minimum absolute atomic E-state index is 0.119. The molecular weight excluding hydrogens is 380 g/mol. The van der Waals surface area contributed by atoms with Crippen molar-refractivity contribution in [3.63, 3.8) is 0 Å². The highest BCUT2D eigenvalue weighted by Gasteiger charge is 2.06. The topological polar surface area (TPSA) is 92.7 Å².